The molecule has 0 saturated heterocycles. The van der Waals surface area contributed by atoms with Gasteiger partial charge >= 0.3 is 11.8 Å². The maximum atomic E-state index is 12.3. The van der Waals surface area contributed by atoms with Gasteiger partial charge in [-0.25, -0.2) is 5.43 Å². The van der Waals surface area contributed by atoms with Gasteiger partial charge in [0.1, 0.15) is 5.75 Å². The number of benzene rings is 3. The third-order valence-corrected chi connectivity index (χ3v) is 5.50. The standard InChI is InChI=1S/C24H19Cl3N4O4/c1-14-5-8-17(9-6-14)29-23(33)24(34)31-28-12-15-11-16(25)7-10-20(15)35-13-21(32)30-19-4-2-3-18(26)22(19)27/h2-12H,13H2,1H3,(H,29,33)(H,30,32)(H,31,34)/b28-12-. The number of amides is 3. The van der Waals surface area contributed by atoms with Crippen molar-refractivity contribution in [2.45, 2.75) is 6.92 Å². The Morgan fingerprint density at radius 3 is 2.43 bits per heavy atom. The van der Waals surface area contributed by atoms with Gasteiger partial charge in [0.15, 0.2) is 6.61 Å². The van der Waals surface area contributed by atoms with Crippen LogP contribution in [0.25, 0.3) is 0 Å². The molecule has 3 amide bonds. The van der Waals surface area contributed by atoms with Crippen molar-refractivity contribution in [2.75, 3.05) is 17.2 Å². The van der Waals surface area contributed by atoms with Gasteiger partial charge in [0.05, 0.1) is 21.9 Å². The number of ether oxygens (including phenoxy) is 1. The van der Waals surface area contributed by atoms with Crippen LogP contribution in [0.4, 0.5) is 11.4 Å². The van der Waals surface area contributed by atoms with Crippen LogP contribution in [0.5, 0.6) is 5.75 Å². The van der Waals surface area contributed by atoms with Gasteiger partial charge in [0, 0.05) is 16.3 Å². The van der Waals surface area contributed by atoms with Crippen LogP contribution in [0.2, 0.25) is 15.1 Å². The number of carbonyl (C=O) groups excluding carboxylic acids is 3. The number of anilines is 2. The zero-order valence-electron chi connectivity index (χ0n) is 18.3. The predicted octanol–water partition coefficient (Wildman–Crippen LogP) is 5.06. The van der Waals surface area contributed by atoms with E-state index in [1.54, 1.807) is 48.5 Å². The second-order valence-corrected chi connectivity index (χ2v) is 8.36. The molecule has 8 nitrogen and oxygen atoms in total. The van der Waals surface area contributed by atoms with Crippen molar-refractivity contribution in [1.82, 2.24) is 5.43 Å². The minimum absolute atomic E-state index is 0.212. The fourth-order valence-corrected chi connectivity index (χ4v) is 3.25. The van der Waals surface area contributed by atoms with Crippen molar-refractivity contribution in [3.63, 3.8) is 0 Å². The van der Waals surface area contributed by atoms with Crippen LogP contribution >= 0.6 is 34.8 Å². The average molecular weight is 534 g/mol. The van der Waals surface area contributed by atoms with Gasteiger partial charge in [-0.3, -0.25) is 14.4 Å². The Hall–Kier alpha value is -3.59. The fourth-order valence-electron chi connectivity index (χ4n) is 2.72. The first-order valence-corrected chi connectivity index (χ1v) is 11.2. The number of carbonyl (C=O) groups is 3. The highest BCUT2D eigenvalue weighted by molar-refractivity contribution is 6.44. The molecular formula is C24H19Cl3N4O4. The molecule has 3 aromatic rings. The third kappa shape index (κ3) is 7.71. The van der Waals surface area contributed by atoms with Crippen molar-refractivity contribution < 1.29 is 19.1 Å². The Bertz CT molecular complexity index is 1280. The lowest BCUT2D eigenvalue weighted by atomic mass is 10.2. The minimum Gasteiger partial charge on any atom is -0.483 e. The average Bonchev–Trinajstić information content (AvgIpc) is 2.83. The topological polar surface area (TPSA) is 109 Å². The maximum Gasteiger partial charge on any atom is 0.329 e. The van der Waals surface area contributed by atoms with Crippen LogP contribution in [-0.2, 0) is 14.4 Å². The minimum atomic E-state index is -0.968. The van der Waals surface area contributed by atoms with E-state index >= 15 is 0 Å². The molecule has 0 atom stereocenters. The summed E-state index contributed by atoms with van der Waals surface area (Å²) < 4.78 is 5.56. The van der Waals surface area contributed by atoms with E-state index in [1.165, 1.54) is 18.3 Å². The Kier molecular flexibility index (Phi) is 9.08. The molecule has 0 heterocycles. The second kappa shape index (κ2) is 12.2. The van der Waals surface area contributed by atoms with E-state index in [0.29, 0.717) is 27.0 Å². The number of hydrazone groups is 1. The molecule has 0 radical (unpaired) electrons. The number of hydrogen-bond acceptors (Lipinski definition) is 5. The number of hydrogen-bond donors (Lipinski definition) is 3. The molecule has 3 rings (SSSR count). The highest BCUT2D eigenvalue weighted by Gasteiger charge is 2.13. The van der Waals surface area contributed by atoms with Gasteiger partial charge in [-0.05, 0) is 49.4 Å². The summed E-state index contributed by atoms with van der Waals surface area (Å²) in [5, 5.41) is 9.74. The third-order valence-electron chi connectivity index (χ3n) is 4.44. The second-order valence-electron chi connectivity index (χ2n) is 7.14. The summed E-state index contributed by atoms with van der Waals surface area (Å²) in [7, 11) is 0. The molecule has 11 heteroatoms. The van der Waals surface area contributed by atoms with Gasteiger partial charge < -0.3 is 15.4 Å². The molecule has 3 aromatic carbocycles. The smallest absolute Gasteiger partial charge is 0.329 e. The summed E-state index contributed by atoms with van der Waals surface area (Å²) in [5.41, 5.74) is 4.33. The quantitative estimate of drug-likeness (QED) is 0.224. The molecule has 0 fully saturated rings. The molecule has 0 spiro atoms. The largest absolute Gasteiger partial charge is 0.483 e. The van der Waals surface area contributed by atoms with E-state index in [1.807, 2.05) is 6.92 Å². The molecule has 35 heavy (non-hydrogen) atoms. The maximum absolute atomic E-state index is 12.3. The van der Waals surface area contributed by atoms with Crippen molar-refractivity contribution in [1.29, 1.82) is 0 Å². The van der Waals surface area contributed by atoms with E-state index in [-0.39, 0.29) is 17.4 Å². The molecule has 0 aromatic heterocycles. The van der Waals surface area contributed by atoms with Gasteiger partial charge in [0.25, 0.3) is 5.91 Å². The Labute approximate surface area is 216 Å². The van der Waals surface area contributed by atoms with E-state index in [2.05, 4.69) is 21.2 Å². The monoisotopic (exact) mass is 532 g/mol. The lowest BCUT2D eigenvalue weighted by Crippen LogP contribution is -2.32. The van der Waals surface area contributed by atoms with E-state index in [0.717, 1.165) is 5.56 Å². The first-order valence-electron chi connectivity index (χ1n) is 10.1. The Balaban J connectivity index is 1.58. The molecule has 0 aliphatic carbocycles. The zero-order valence-corrected chi connectivity index (χ0v) is 20.5. The Morgan fingerprint density at radius 1 is 0.943 bits per heavy atom. The van der Waals surface area contributed by atoms with E-state index < -0.39 is 17.7 Å². The van der Waals surface area contributed by atoms with Crippen LogP contribution in [0, 0.1) is 6.92 Å². The fraction of sp³-hybridized carbons (Fsp3) is 0.0833. The first kappa shape index (κ1) is 26.0. The van der Waals surface area contributed by atoms with Gasteiger partial charge in [-0.1, -0.05) is 58.6 Å². The first-order chi connectivity index (χ1) is 16.7. The van der Waals surface area contributed by atoms with Gasteiger partial charge in [-0.15, -0.1) is 0 Å². The summed E-state index contributed by atoms with van der Waals surface area (Å²) in [5.74, 6) is -2.06. The molecule has 0 bridgehead atoms. The van der Waals surface area contributed by atoms with Crippen LogP contribution in [-0.4, -0.2) is 30.5 Å². The van der Waals surface area contributed by atoms with E-state index in [4.69, 9.17) is 39.5 Å². The summed E-state index contributed by atoms with van der Waals surface area (Å²) in [6.45, 7) is 1.55. The molecule has 0 unspecified atom stereocenters. The van der Waals surface area contributed by atoms with Crippen molar-refractivity contribution in [3.05, 3.63) is 86.9 Å². The number of nitrogens with one attached hydrogen (secondary N) is 3. The van der Waals surface area contributed by atoms with Crippen molar-refractivity contribution >= 4 is 70.1 Å². The van der Waals surface area contributed by atoms with Gasteiger partial charge in [-0.2, -0.15) is 5.10 Å². The zero-order chi connectivity index (χ0) is 25.4. The normalized spacial score (nSPS) is 10.6. The summed E-state index contributed by atoms with van der Waals surface area (Å²) >= 11 is 18.1. The number of halogens is 3. The summed E-state index contributed by atoms with van der Waals surface area (Å²) in [6, 6.07) is 16.4. The molecular weight excluding hydrogens is 515 g/mol. The van der Waals surface area contributed by atoms with E-state index in [9.17, 15) is 14.4 Å². The molecule has 0 saturated carbocycles. The number of aryl methyl sites for hydroxylation is 1. The van der Waals surface area contributed by atoms with Crippen LogP contribution in [0.3, 0.4) is 0 Å². The Morgan fingerprint density at radius 2 is 1.69 bits per heavy atom. The SMILES string of the molecule is Cc1ccc(NC(=O)C(=O)N/N=C\c2cc(Cl)ccc2OCC(=O)Nc2cccc(Cl)c2Cl)cc1. The number of rotatable bonds is 7. The van der Waals surface area contributed by atoms with Crippen molar-refractivity contribution in [3.8, 4) is 5.75 Å². The summed E-state index contributed by atoms with van der Waals surface area (Å²) in [6.07, 6.45) is 1.24. The van der Waals surface area contributed by atoms with Gasteiger partial charge in [0.2, 0.25) is 0 Å². The van der Waals surface area contributed by atoms with Crippen LogP contribution in [0.15, 0.2) is 65.8 Å². The highest BCUT2D eigenvalue weighted by Crippen LogP contribution is 2.29. The molecule has 0 aliphatic rings. The lowest BCUT2D eigenvalue weighted by Gasteiger charge is -2.11. The van der Waals surface area contributed by atoms with Crippen LogP contribution in [0.1, 0.15) is 11.1 Å². The lowest BCUT2D eigenvalue weighted by molar-refractivity contribution is -0.136. The predicted molar refractivity (Wildman–Crippen MR) is 138 cm³/mol. The molecule has 0 aliphatic heterocycles. The summed E-state index contributed by atoms with van der Waals surface area (Å²) in [4.78, 5) is 36.3. The molecule has 3 N–H and O–H groups in total. The highest BCUT2D eigenvalue weighted by atomic mass is 35.5. The molecule has 180 valence electrons. The number of nitrogens with zero attached hydrogens (tertiary/aromatic N) is 1. The van der Waals surface area contributed by atoms with Crippen LogP contribution < -0.4 is 20.8 Å². The van der Waals surface area contributed by atoms with Crippen molar-refractivity contribution in [2.24, 2.45) is 5.10 Å².